The van der Waals surface area contributed by atoms with Gasteiger partial charge in [-0.3, -0.25) is 4.79 Å². The van der Waals surface area contributed by atoms with Crippen LogP contribution in [0.25, 0.3) is 0 Å². The number of nitrogens with one attached hydrogen (secondary N) is 2. The first kappa shape index (κ1) is 20.0. The molecular weight excluding hydrogens is 368 g/mol. The molecule has 0 aliphatic rings. The van der Waals surface area contributed by atoms with E-state index in [1.807, 2.05) is 19.1 Å². The smallest absolute Gasteiger partial charge is 0.339 e. The second-order valence-corrected chi connectivity index (χ2v) is 6.37. The van der Waals surface area contributed by atoms with Crippen LogP contribution in [0.1, 0.15) is 38.9 Å². The summed E-state index contributed by atoms with van der Waals surface area (Å²) in [7, 11) is 1.29. The summed E-state index contributed by atoms with van der Waals surface area (Å²) < 4.78 is 4.74. The maximum atomic E-state index is 12.5. The predicted octanol–water partition coefficient (Wildman–Crippen LogP) is 4.13. The van der Waals surface area contributed by atoms with E-state index in [1.54, 1.807) is 24.3 Å². The highest BCUT2D eigenvalue weighted by atomic mass is 16.5. The Balaban J connectivity index is 1.76. The number of nitrogens with zero attached hydrogens (tertiary/aromatic N) is 2. The summed E-state index contributed by atoms with van der Waals surface area (Å²) in [5.74, 6) is -0.456. The first-order valence-electron chi connectivity index (χ1n) is 9.19. The number of rotatable bonds is 6. The first-order valence-corrected chi connectivity index (χ1v) is 9.19. The van der Waals surface area contributed by atoms with Crippen LogP contribution in [-0.2, 0) is 11.2 Å². The van der Waals surface area contributed by atoms with Gasteiger partial charge in [-0.15, -0.1) is 0 Å². The van der Waals surface area contributed by atoms with Crippen molar-refractivity contribution in [3.63, 3.8) is 0 Å². The molecule has 1 amide bonds. The van der Waals surface area contributed by atoms with E-state index >= 15 is 0 Å². The van der Waals surface area contributed by atoms with E-state index in [9.17, 15) is 9.59 Å². The summed E-state index contributed by atoms with van der Waals surface area (Å²) in [6.07, 6.45) is 3.78. The van der Waals surface area contributed by atoms with E-state index in [1.165, 1.54) is 25.1 Å². The van der Waals surface area contributed by atoms with Crippen molar-refractivity contribution in [1.29, 1.82) is 0 Å². The summed E-state index contributed by atoms with van der Waals surface area (Å²) in [4.78, 5) is 32.9. The molecule has 0 aliphatic heterocycles. The molecule has 0 bridgehead atoms. The van der Waals surface area contributed by atoms with Gasteiger partial charge in [0.1, 0.15) is 11.5 Å². The van der Waals surface area contributed by atoms with Gasteiger partial charge in [0, 0.05) is 5.69 Å². The molecule has 2 aromatic carbocycles. The Morgan fingerprint density at radius 2 is 1.83 bits per heavy atom. The lowest BCUT2D eigenvalue weighted by Gasteiger charge is -2.13. The first-order chi connectivity index (χ1) is 14.0. The lowest BCUT2D eigenvalue weighted by Crippen LogP contribution is -2.17. The number of hydrogen-bond acceptors (Lipinski definition) is 6. The molecule has 29 heavy (non-hydrogen) atoms. The maximum absolute atomic E-state index is 12.5. The fourth-order valence-electron chi connectivity index (χ4n) is 2.91. The average molecular weight is 390 g/mol. The van der Waals surface area contributed by atoms with Gasteiger partial charge in [0.15, 0.2) is 0 Å². The number of ether oxygens (including phenoxy) is 1. The number of amides is 1. The minimum Gasteiger partial charge on any atom is -0.465 e. The SMILES string of the molecule is CCc1cccc(C)c1Nc1cnc(C(=O)Nc2ccccc2C(=O)OC)cn1. The van der Waals surface area contributed by atoms with Gasteiger partial charge in [-0.2, -0.15) is 0 Å². The number of para-hydroxylation sites is 2. The predicted molar refractivity (Wildman–Crippen MR) is 112 cm³/mol. The molecule has 0 saturated heterocycles. The van der Waals surface area contributed by atoms with Crippen LogP contribution in [0.3, 0.4) is 0 Å². The van der Waals surface area contributed by atoms with E-state index in [0.717, 1.165) is 17.7 Å². The van der Waals surface area contributed by atoms with E-state index in [4.69, 9.17) is 4.74 Å². The number of carbonyl (C=O) groups is 2. The third-order valence-corrected chi connectivity index (χ3v) is 4.46. The van der Waals surface area contributed by atoms with Crippen molar-refractivity contribution in [3.8, 4) is 0 Å². The number of aromatic nitrogens is 2. The Labute approximate surface area is 169 Å². The molecule has 0 unspecified atom stereocenters. The van der Waals surface area contributed by atoms with Crippen LogP contribution >= 0.6 is 0 Å². The number of hydrogen-bond donors (Lipinski definition) is 2. The quantitative estimate of drug-likeness (QED) is 0.615. The van der Waals surface area contributed by atoms with Gasteiger partial charge in [0.05, 0.1) is 30.8 Å². The van der Waals surface area contributed by atoms with Crippen LogP contribution in [0.5, 0.6) is 0 Å². The van der Waals surface area contributed by atoms with Crippen molar-refractivity contribution in [2.24, 2.45) is 0 Å². The number of aryl methyl sites for hydroxylation is 2. The van der Waals surface area contributed by atoms with Crippen molar-refractivity contribution >= 4 is 29.1 Å². The molecule has 7 nitrogen and oxygen atoms in total. The molecular formula is C22H22N4O3. The minimum atomic E-state index is -0.531. The van der Waals surface area contributed by atoms with Crippen molar-refractivity contribution in [2.45, 2.75) is 20.3 Å². The zero-order valence-electron chi connectivity index (χ0n) is 16.5. The molecule has 1 aromatic heterocycles. The number of esters is 1. The lowest BCUT2D eigenvalue weighted by atomic mass is 10.1. The van der Waals surface area contributed by atoms with Gasteiger partial charge in [0.2, 0.25) is 0 Å². The molecule has 0 spiro atoms. The molecule has 1 heterocycles. The molecule has 3 aromatic rings. The highest BCUT2D eigenvalue weighted by Gasteiger charge is 2.15. The molecule has 7 heteroatoms. The molecule has 2 N–H and O–H groups in total. The van der Waals surface area contributed by atoms with Gasteiger partial charge in [-0.05, 0) is 36.6 Å². The summed E-state index contributed by atoms with van der Waals surface area (Å²) in [6, 6.07) is 12.7. The fourth-order valence-corrected chi connectivity index (χ4v) is 2.91. The number of carbonyl (C=O) groups excluding carboxylic acids is 2. The van der Waals surface area contributed by atoms with Crippen LogP contribution in [0.2, 0.25) is 0 Å². The van der Waals surface area contributed by atoms with Crippen LogP contribution in [0.15, 0.2) is 54.9 Å². The number of anilines is 3. The van der Waals surface area contributed by atoms with Gasteiger partial charge >= 0.3 is 5.97 Å². The second-order valence-electron chi connectivity index (χ2n) is 6.37. The summed E-state index contributed by atoms with van der Waals surface area (Å²) in [5.41, 5.74) is 4.02. The van der Waals surface area contributed by atoms with Crippen molar-refractivity contribution in [3.05, 3.63) is 77.2 Å². The highest BCUT2D eigenvalue weighted by Crippen LogP contribution is 2.24. The van der Waals surface area contributed by atoms with Gasteiger partial charge in [0.25, 0.3) is 5.91 Å². The van der Waals surface area contributed by atoms with Crippen molar-refractivity contribution in [2.75, 3.05) is 17.7 Å². The normalized spacial score (nSPS) is 10.3. The molecule has 0 atom stereocenters. The fraction of sp³-hybridized carbons (Fsp3) is 0.182. The molecule has 0 radical (unpaired) electrons. The number of methoxy groups -OCH3 is 1. The van der Waals surface area contributed by atoms with Crippen LogP contribution in [0.4, 0.5) is 17.2 Å². The Bertz CT molecular complexity index is 1030. The van der Waals surface area contributed by atoms with E-state index in [2.05, 4.69) is 33.6 Å². The maximum Gasteiger partial charge on any atom is 0.339 e. The van der Waals surface area contributed by atoms with Crippen molar-refractivity contribution < 1.29 is 14.3 Å². The molecule has 3 rings (SSSR count). The van der Waals surface area contributed by atoms with Crippen molar-refractivity contribution in [1.82, 2.24) is 9.97 Å². The Hall–Kier alpha value is -3.74. The highest BCUT2D eigenvalue weighted by molar-refractivity contribution is 6.06. The Morgan fingerprint density at radius 1 is 1.03 bits per heavy atom. The largest absolute Gasteiger partial charge is 0.465 e. The van der Waals surface area contributed by atoms with Crippen LogP contribution in [-0.4, -0.2) is 29.0 Å². The van der Waals surface area contributed by atoms with Gasteiger partial charge < -0.3 is 15.4 Å². The third-order valence-electron chi connectivity index (χ3n) is 4.46. The standard InChI is InChI=1S/C22H22N4O3/c1-4-15-9-7-8-14(2)20(15)26-19-13-23-18(12-24-19)21(27)25-17-11-6-5-10-16(17)22(28)29-3/h5-13H,4H2,1-3H3,(H,24,26)(H,25,27). The molecule has 148 valence electrons. The van der Waals surface area contributed by atoms with E-state index < -0.39 is 11.9 Å². The van der Waals surface area contributed by atoms with Crippen LogP contribution < -0.4 is 10.6 Å². The minimum absolute atomic E-state index is 0.135. The molecule has 0 fully saturated rings. The van der Waals surface area contributed by atoms with Crippen LogP contribution in [0, 0.1) is 6.92 Å². The van der Waals surface area contributed by atoms with Gasteiger partial charge in [-0.1, -0.05) is 37.3 Å². The molecule has 0 aliphatic carbocycles. The van der Waals surface area contributed by atoms with E-state index in [0.29, 0.717) is 11.5 Å². The summed E-state index contributed by atoms with van der Waals surface area (Å²) in [6.45, 7) is 4.11. The summed E-state index contributed by atoms with van der Waals surface area (Å²) in [5, 5.41) is 5.95. The monoisotopic (exact) mass is 390 g/mol. The number of benzene rings is 2. The zero-order valence-corrected chi connectivity index (χ0v) is 16.5. The topological polar surface area (TPSA) is 93.2 Å². The Kier molecular flexibility index (Phi) is 6.19. The Morgan fingerprint density at radius 3 is 2.52 bits per heavy atom. The summed E-state index contributed by atoms with van der Waals surface area (Å²) >= 11 is 0. The third kappa shape index (κ3) is 4.57. The zero-order chi connectivity index (χ0) is 20.8. The van der Waals surface area contributed by atoms with E-state index in [-0.39, 0.29) is 11.3 Å². The lowest BCUT2D eigenvalue weighted by molar-refractivity contribution is 0.0602. The molecule has 0 saturated carbocycles. The average Bonchev–Trinajstić information content (AvgIpc) is 2.75. The second kappa shape index (κ2) is 8.97. The van der Waals surface area contributed by atoms with Gasteiger partial charge in [-0.25, -0.2) is 14.8 Å².